The van der Waals surface area contributed by atoms with Crippen LogP contribution in [0.2, 0.25) is 0 Å². The molecule has 0 amide bonds. The van der Waals surface area contributed by atoms with Gasteiger partial charge in [-0.15, -0.1) is 0 Å². The van der Waals surface area contributed by atoms with Crippen molar-refractivity contribution in [3.63, 3.8) is 0 Å². The number of benzene rings is 5. The van der Waals surface area contributed by atoms with E-state index in [2.05, 4.69) is 118 Å². The van der Waals surface area contributed by atoms with Gasteiger partial charge in [-0.2, -0.15) is 0 Å². The van der Waals surface area contributed by atoms with Gasteiger partial charge in [0, 0.05) is 16.2 Å². The molecule has 31 heavy (non-hydrogen) atoms. The molecule has 0 aliphatic rings. The van der Waals surface area contributed by atoms with Crippen molar-refractivity contribution in [1.29, 1.82) is 0 Å². The Balaban J connectivity index is 1.93. The van der Waals surface area contributed by atoms with Crippen LogP contribution >= 0.6 is 8.20 Å². The van der Waals surface area contributed by atoms with Crippen LogP contribution in [0.15, 0.2) is 97.1 Å². The summed E-state index contributed by atoms with van der Waals surface area (Å²) < 4.78 is 0. The van der Waals surface area contributed by atoms with E-state index in [-0.39, 0.29) is 0 Å². The van der Waals surface area contributed by atoms with Gasteiger partial charge in [-0.25, -0.2) is 0 Å². The third kappa shape index (κ3) is 3.69. The molecule has 0 aliphatic heterocycles. The van der Waals surface area contributed by atoms with Gasteiger partial charge in [0.15, 0.2) is 0 Å². The summed E-state index contributed by atoms with van der Waals surface area (Å²) in [6.45, 7) is 6.67. The van der Waals surface area contributed by atoms with Crippen LogP contribution < -0.4 is 5.30 Å². The van der Waals surface area contributed by atoms with Gasteiger partial charge >= 0.3 is 0 Å². The quantitative estimate of drug-likeness (QED) is 0.208. The van der Waals surface area contributed by atoms with E-state index in [0.717, 1.165) is 0 Å². The molecule has 0 heterocycles. The summed E-state index contributed by atoms with van der Waals surface area (Å²) in [4.78, 5) is 0. The highest BCUT2D eigenvalue weighted by molar-refractivity contribution is 7.50. The summed E-state index contributed by atoms with van der Waals surface area (Å²) in [7, 11) is 1.25. The predicted molar refractivity (Wildman–Crippen MR) is 138 cm³/mol. The van der Waals surface area contributed by atoms with Gasteiger partial charge in [-0.3, -0.25) is 0 Å². The van der Waals surface area contributed by atoms with Crippen molar-refractivity contribution in [2.75, 3.05) is 0 Å². The summed E-state index contributed by atoms with van der Waals surface area (Å²) >= 11 is 0. The third-order valence-corrected chi connectivity index (χ3v) is 7.55. The van der Waals surface area contributed by atoms with E-state index < -0.39 is 0 Å². The molecule has 0 atom stereocenters. The van der Waals surface area contributed by atoms with Gasteiger partial charge < -0.3 is 0 Å². The number of hydrogen-bond acceptors (Lipinski definition) is 0. The smallest absolute Gasteiger partial charge is 0.0181 e. The van der Waals surface area contributed by atoms with Gasteiger partial charge in [0.05, 0.1) is 0 Å². The van der Waals surface area contributed by atoms with Crippen LogP contribution in [0.3, 0.4) is 0 Å². The standard InChI is InChI=1S/C30H25P/c1-20-17-21(2)29(22(3)18-20)31-30(23-11-5-4-6-12-23)28-26-15-9-7-13-24(26)19-25-14-8-10-16-27(25)28/h4-19H,1-3H3. The molecule has 0 fully saturated rings. The summed E-state index contributed by atoms with van der Waals surface area (Å²) in [6, 6.07) is 35.4. The molecule has 0 spiro atoms. The Kier molecular flexibility index (Phi) is 5.18. The Hall–Kier alpha value is -3.21. The first kappa shape index (κ1) is 19.7. The van der Waals surface area contributed by atoms with Crippen molar-refractivity contribution in [3.05, 3.63) is 125 Å². The molecule has 0 unspecified atom stereocenters. The average Bonchev–Trinajstić information content (AvgIpc) is 2.78. The molecular weight excluding hydrogens is 391 g/mol. The molecule has 5 aromatic carbocycles. The monoisotopic (exact) mass is 416 g/mol. The maximum Gasteiger partial charge on any atom is 0.0181 e. The Bertz CT molecular complexity index is 1370. The predicted octanol–water partition coefficient (Wildman–Crippen LogP) is 7.76. The average molecular weight is 417 g/mol. The highest BCUT2D eigenvalue weighted by Gasteiger charge is 2.15. The molecule has 0 saturated heterocycles. The molecule has 5 aromatic rings. The van der Waals surface area contributed by atoms with Crippen LogP contribution in [0, 0.1) is 20.8 Å². The zero-order valence-electron chi connectivity index (χ0n) is 18.2. The first-order valence-corrected chi connectivity index (χ1v) is 11.6. The fourth-order valence-electron chi connectivity index (χ4n) is 4.59. The largest absolute Gasteiger partial charge is 0.0622 e. The van der Waals surface area contributed by atoms with Crippen LogP contribution in [0.4, 0.5) is 0 Å². The molecule has 1 heteroatoms. The van der Waals surface area contributed by atoms with Crippen LogP contribution in [0.25, 0.3) is 21.5 Å². The number of hydrogen-bond donors (Lipinski definition) is 0. The topological polar surface area (TPSA) is 0 Å². The van der Waals surface area contributed by atoms with Gasteiger partial charge in [-0.05, 0) is 65.1 Å². The molecule has 0 nitrogen and oxygen atoms in total. The molecule has 150 valence electrons. The number of aryl methyl sites for hydroxylation is 3. The second-order valence-corrected chi connectivity index (χ2v) is 9.39. The van der Waals surface area contributed by atoms with E-state index >= 15 is 0 Å². The molecule has 0 aromatic heterocycles. The SMILES string of the molecule is Cc1cc(C)c(P=C(c2ccccc2)c2c3ccccc3cc3ccccc23)c(C)c1. The zero-order valence-corrected chi connectivity index (χ0v) is 19.1. The molecule has 0 bridgehead atoms. The van der Waals surface area contributed by atoms with Crippen molar-refractivity contribution < 1.29 is 0 Å². The first-order chi connectivity index (χ1) is 15.1. The van der Waals surface area contributed by atoms with Crippen LogP contribution in [-0.4, -0.2) is 5.29 Å². The molecule has 0 aliphatic carbocycles. The summed E-state index contributed by atoms with van der Waals surface area (Å²) in [6.07, 6.45) is 0. The van der Waals surface area contributed by atoms with E-state index in [4.69, 9.17) is 0 Å². The number of fused-ring (bicyclic) bond motifs is 2. The van der Waals surface area contributed by atoms with Gasteiger partial charge in [0.25, 0.3) is 0 Å². The Morgan fingerprint density at radius 1 is 0.581 bits per heavy atom. The highest BCUT2D eigenvalue weighted by atomic mass is 31.1. The summed E-state index contributed by atoms with van der Waals surface area (Å²) in [5.74, 6) is 0. The second kappa shape index (κ2) is 8.14. The van der Waals surface area contributed by atoms with Crippen molar-refractivity contribution in [2.24, 2.45) is 0 Å². The van der Waals surface area contributed by atoms with E-state index in [1.54, 1.807) is 0 Å². The molecule has 5 rings (SSSR count). The van der Waals surface area contributed by atoms with Gasteiger partial charge in [-0.1, -0.05) is 105 Å². The van der Waals surface area contributed by atoms with Crippen LogP contribution in [0.1, 0.15) is 27.8 Å². The van der Waals surface area contributed by atoms with Crippen molar-refractivity contribution >= 4 is 40.3 Å². The zero-order chi connectivity index (χ0) is 21.4. The maximum absolute atomic E-state index is 2.32. The Morgan fingerprint density at radius 2 is 1.10 bits per heavy atom. The minimum Gasteiger partial charge on any atom is -0.0622 e. The highest BCUT2D eigenvalue weighted by Crippen LogP contribution is 2.33. The fraction of sp³-hybridized carbons (Fsp3) is 0.100. The van der Waals surface area contributed by atoms with Crippen molar-refractivity contribution in [3.8, 4) is 0 Å². The second-order valence-electron chi connectivity index (χ2n) is 8.27. The van der Waals surface area contributed by atoms with E-state index in [1.165, 1.54) is 68.2 Å². The lowest BCUT2D eigenvalue weighted by Crippen LogP contribution is -2.10. The fourth-order valence-corrected chi connectivity index (χ4v) is 5.93. The Morgan fingerprint density at radius 3 is 1.68 bits per heavy atom. The number of rotatable bonds is 3. The van der Waals surface area contributed by atoms with Gasteiger partial charge in [0.1, 0.15) is 0 Å². The minimum absolute atomic E-state index is 1.25. The summed E-state index contributed by atoms with van der Waals surface area (Å²) in [5.41, 5.74) is 6.67. The minimum atomic E-state index is 1.25. The van der Waals surface area contributed by atoms with Gasteiger partial charge in [0.2, 0.25) is 0 Å². The maximum atomic E-state index is 2.32. The molecule has 0 saturated carbocycles. The lowest BCUT2D eigenvalue weighted by Gasteiger charge is -2.17. The molecular formula is C30H25P. The van der Waals surface area contributed by atoms with Crippen LogP contribution in [-0.2, 0) is 0 Å². The Labute approximate surface area is 186 Å². The summed E-state index contributed by atoms with van der Waals surface area (Å²) in [5, 5.41) is 7.98. The van der Waals surface area contributed by atoms with Crippen molar-refractivity contribution in [1.82, 2.24) is 0 Å². The van der Waals surface area contributed by atoms with E-state index in [0.29, 0.717) is 0 Å². The van der Waals surface area contributed by atoms with Crippen molar-refractivity contribution in [2.45, 2.75) is 20.8 Å². The van der Waals surface area contributed by atoms with E-state index in [1.807, 2.05) is 0 Å². The third-order valence-electron chi connectivity index (χ3n) is 5.91. The van der Waals surface area contributed by atoms with Crippen LogP contribution in [0.5, 0.6) is 0 Å². The molecule has 0 N–H and O–H groups in total. The molecule has 0 radical (unpaired) electrons. The lowest BCUT2D eigenvalue weighted by atomic mass is 9.92. The van der Waals surface area contributed by atoms with E-state index in [9.17, 15) is 0 Å². The first-order valence-electron chi connectivity index (χ1n) is 10.7. The normalized spacial score (nSPS) is 11.9. The lowest BCUT2D eigenvalue weighted by molar-refractivity contribution is 1.36.